The summed E-state index contributed by atoms with van der Waals surface area (Å²) in [5.41, 5.74) is 8.71. The van der Waals surface area contributed by atoms with Crippen molar-refractivity contribution in [3.63, 3.8) is 0 Å². The molecule has 0 radical (unpaired) electrons. The number of hydrogen-bond donors (Lipinski definition) is 1. The summed E-state index contributed by atoms with van der Waals surface area (Å²) in [7, 11) is 0. The highest BCUT2D eigenvalue weighted by atomic mass is 79.9. The summed E-state index contributed by atoms with van der Waals surface area (Å²) in [6, 6.07) is 7.34. The number of nitrogens with two attached hydrogens (primary N) is 1. The molecule has 3 rings (SSSR count). The molecule has 0 aliphatic carbocycles. The molecule has 1 aromatic rings. The van der Waals surface area contributed by atoms with E-state index in [9.17, 15) is 0 Å². The Morgan fingerprint density at radius 1 is 1.32 bits per heavy atom. The molecule has 0 aromatic heterocycles. The van der Waals surface area contributed by atoms with Gasteiger partial charge in [-0.1, -0.05) is 15.9 Å². The third kappa shape index (κ3) is 2.67. The molecule has 0 bridgehead atoms. The fourth-order valence-corrected chi connectivity index (χ4v) is 3.77. The van der Waals surface area contributed by atoms with Crippen LogP contribution < -0.4 is 10.6 Å². The highest BCUT2D eigenvalue weighted by molar-refractivity contribution is 9.10. The van der Waals surface area contributed by atoms with Gasteiger partial charge in [-0.3, -0.25) is 4.90 Å². The zero-order valence-corrected chi connectivity index (χ0v) is 13.1. The second kappa shape index (κ2) is 5.43. The normalized spacial score (nSPS) is 25.4. The monoisotopic (exact) mass is 323 g/mol. The minimum Gasteiger partial charge on any atom is -0.368 e. The second-order valence-corrected chi connectivity index (χ2v) is 6.69. The van der Waals surface area contributed by atoms with E-state index in [0.717, 1.165) is 23.6 Å². The lowest BCUT2D eigenvalue weighted by Gasteiger charge is -2.40. The van der Waals surface area contributed by atoms with Gasteiger partial charge in [0, 0.05) is 41.9 Å². The standard InChI is InChI=1S/C15H22BrN3/c1-11(17)14-9-12(16)4-5-15(14)19-8-7-18-6-2-3-13(18)10-19/h4-5,9,11,13H,2-3,6-8,10,17H2,1H3. The zero-order valence-electron chi connectivity index (χ0n) is 11.5. The SMILES string of the molecule is CC(N)c1cc(Br)ccc1N1CCN2CCCC2C1. The maximum absolute atomic E-state index is 6.14. The van der Waals surface area contributed by atoms with E-state index in [0.29, 0.717) is 0 Å². The van der Waals surface area contributed by atoms with E-state index >= 15 is 0 Å². The molecular formula is C15H22BrN3. The van der Waals surface area contributed by atoms with Gasteiger partial charge in [-0.15, -0.1) is 0 Å². The molecule has 2 heterocycles. The van der Waals surface area contributed by atoms with Gasteiger partial charge < -0.3 is 10.6 Å². The van der Waals surface area contributed by atoms with Crippen LogP contribution in [0.2, 0.25) is 0 Å². The Kier molecular flexibility index (Phi) is 3.83. The average Bonchev–Trinajstić information content (AvgIpc) is 2.85. The van der Waals surface area contributed by atoms with E-state index in [1.165, 1.54) is 37.2 Å². The second-order valence-electron chi connectivity index (χ2n) is 5.77. The Balaban J connectivity index is 1.85. The summed E-state index contributed by atoms with van der Waals surface area (Å²) in [6.45, 7) is 6.83. The van der Waals surface area contributed by atoms with Crippen molar-refractivity contribution < 1.29 is 0 Å². The minimum absolute atomic E-state index is 0.0779. The Bertz CT molecular complexity index is 461. The number of piperazine rings is 1. The van der Waals surface area contributed by atoms with Gasteiger partial charge in [-0.2, -0.15) is 0 Å². The molecule has 2 aliphatic rings. The third-order valence-corrected chi connectivity index (χ3v) is 4.90. The zero-order chi connectivity index (χ0) is 13.4. The van der Waals surface area contributed by atoms with Crippen LogP contribution in [-0.4, -0.2) is 37.1 Å². The van der Waals surface area contributed by atoms with Gasteiger partial charge in [-0.25, -0.2) is 0 Å². The lowest BCUT2D eigenvalue weighted by atomic mass is 10.0. The van der Waals surface area contributed by atoms with Crippen molar-refractivity contribution in [3.05, 3.63) is 28.2 Å². The minimum atomic E-state index is 0.0779. The van der Waals surface area contributed by atoms with Crippen LogP contribution in [0.4, 0.5) is 5.69 Å². The first kappa shape index (κ1) is 13.4. The van der Waals surface area contributed by atoms with Crippen molar-refractivity contribution >= 4 is 21.6 Å². The summed E-state index contributed by atoms with van der Waals surface area (Å²) in [5, 5.41) is 0. The maximum Gasteiger partial charge on any atom is 0.0416 e. The Morgan fingerprint density at radius 3 is 2.95 bits per heavy atom. The van der Waals surface area contributed by atoms with E-state index in [1.54, 1.807) is 0 Å². The van der Waals surface area contributed by atoms with Crippen LogP contribution in [0.25, 0.3) is 0 Å². The smallest absolute Gasteiger partial charge is 0.0416 e. The predicted octanol–water partition coefficient (Wildman–Crippen LogP) is 2.75. The van der Waals surface area contributed by atoms with Crippen LogP contribution in [0.5, 0.6) is 0 Å². The molecule has 2 N–H and O–H groups in total. The lowest BCUT2D eigenvalue weighted by Crippen LogP contribution is -2.50. The molecule has 0 amide bonds. The topological polar surface area (TPSA) is 32.5 Å². The van der Waals surface area contributed by atoms with Crippen molar-refractivity contribution in [3.8, 4) is 0 Å². The number of fused-ring (bicyclic) bond motifs is 1. The van der Waals surface area contributed by atoms with Crippen LogP contribution >= 0.6 is 15.9 Å². The fourth-order valence-electron chi connectivity index (χ4n) is 3.39. The van der Waals surface area contributed by atoms with Crippen LogP contribution in [0, 0.1) is 0 Å². The maximum atomic E-state index is 6.14. The van der Waals surface area contributed by atoms with Crippen molar-refractivity contribution in [2.24, 2.45) is 5.73 Å². The summed E-state index contributed by atoms with van der Waals surface area (Å²) >= 11 is 3.55. The molecule has 4 heteroatoms. The van der Waals surface area contributed by atoms with Crippen molar-refractivity contribution in [2.75, 3.05) is 31.1 Å². The predicted molar refractivity (Wildman–Crippen MR) is 83.6 cm³/mol. The van der Waals surface area contributed by atoms with Crippen molar-refractivity contribution in [2.45, 2.75) is 31.8 Å². The number of nitrogens with zero attached hydrogens (tertiary/aromatic N) is 2. The molecule has 19 heavy (non-hydrogen) atoms. The average molecular weight is 324 g/mol. The molecule has 3 nitrogen and oxygen atoms in total. The number of hydrogen-bond acceptors (Lipinski definition) is 3. The summed E-state index contributed by atoms with van der Waals surface area (Å²) in [6.07, 6.45) is 2.71. The van der Waals surface area contributed by atoms with E-state index in [-0.39, 0.29) is 6.04 Å². The summed E-state index contributed by atoms with van der Waals surface area (Å²) in [4.78, 5) is 5.17. The van der Waals surface area contributed by atoms with Gasteiger partial charge in [-0.05, 0) is 50.1 Å². The van der Waals surface area contributed by atoms with Crippen molar-refractivity contribution in [1.82, 2.24) is 4.90 Å². The Morgan fingerprint density at radius 2 is 2.16 bits per heavy atom. The summed E-state index contributed by atoms with van der Waals surface area (Å²) in [5.74, 6) is 0. The van der Waals surface area contributed by atoms with Crippen molar-refractivity contribution in [1.29, 1.82) is 0 Å². The van der Waals surface area contributed by atoms with E-state index in [2.05, 4.69) is 50.9 Å². The van der Waals surface area contributed by atoms with Gasteiger partial charge in [0.25, 0.3) is 0 Å². The third-order valence-electron chi connectivity index (χ3n) is 4.41. The molecule has 2 atom stereocenters. The van der Waals surface area contributed by atoms with E-state index in [1.807, 2.05) is 0 Å². The van der Waals surface area contributed by atoms with Gasteiger partial charge in [0.15, 0.2) is 0 Å². The van der Waals surface area contributed by atoms with Gasteiger partial charge >= 0.3 is 0 Å². The van der Waals surface area contributed by atoms with Crippen LogP contribution in [0.1, 0.15) is 31.4 Å². The number of benzene rings is 1. The van der Waals surface area contributed by atoms with Crippen LogP contribution in [0.15, 0.2) is 22.7 Å². The first-order chi connectivity index (χ1) is 9.15. The van der Waals surface area contributed by atoms with E-state index in [4.69, 9.17) is 5.73 Å². The molecule has 0 spiro atoms. The quantitative estimate of drug-likeness (QED) is 0.908. The van der Waals surface area contributed by atoms with Gasteiger partial charge in [0.05, 0.1) is 0 Å². The number of anilines is 1. The molecule has 2 unspecified atom stereocenters. The number of halogens is 1. The first-order valence-electron chi connectivity index (χ1n) is 7.19. The Labute approximate surface area is 123 Å². The molecule has 2 saturated heterocycles. The fraction of sp³-hybridized carbons (Fsp3) is 0.600. The van der Waals surface area contributed by atoms with Gasteiger partial charge in [0.2, 0.25) is 0 Å². The largest absolute Gasteiger partial charge is 0.368 e. The van der Waals surface area contributed by atoms with Gasteiger partial charge in [0.1, 0.15) is 0 Å². The lowest BCUT2D eigenvalue weighted by molar-refractivity contribution is 0.230. The van der Waals surface area contributed by atoms with Crippen LogP contribution in [0.3, 0.4) is 0 Å². The summed E-state index contributed by atoms with van der Waals surface area (Å²) < 4.78 is 1.11. The molecule has 0 saturated carbocycles. The molecule has 2 fully saturated rings. The Hall–Kier alpha value is -0.580. The first-order valence-corrected chi connectivity index (χ1v) is 7.98. The molecule has 1 aromatic carbocycles. The highest BCUT2D eigenvalue weighted by Gasteiger charge is 2.31. The van der Waals surface area contributed by atoms with E-state index < -0.39 is 0 Å². The van der Waals surface area contributed by atoms with Crippen LogP contribution in [-0.2, 0) is 0 Å². The molecular weight excluding hydrogens is 302 g/mol. The molecule has 2 aliphatic heterocycles. The molecule has 104 valence electrons. The highest BCUT2D eigenvalue weighted by Crippen LogP contribution is 2.31. The number of rotatable bonds is 2.